The van der Waals surface area contributed by atoms with Crippen molar-refractivity contribution in [2.45, 2.75) is 52.1 Å². The zero-order chi connectivity index (χ0) is 26.8. The summed E-state index contributed by atoms with van der Waals surface area (Å²) in [5.41, 5.74) is 1.24. The van der Waals surface area contributed by atoms with E-state index in [9.17, 15) is 9.59 Å². The molecule has 3 heterocycles. The first-order chi connectivity index (χ1) is 18.3. The Balaban J connectivity index is 1.35. The predicted octanol–water partition coefficient (Wildman–Crippen LogP) is 6.46. The van der Waals surface area contributed by atoms with E-state index < -0.39 is 0 Å². The van der Waals surface area contributed by atoms with Crippen LogP contribution in [0.4, 0.5) is 0 Å². The Labute approximate surface area is 235 Å². The molecule has 5 nitrogen and oxygen atoms in total. The minimum absolute atomic E-state index is 0.124. The maximum Gasteiger partial charge on any atom is 0.223 e. The van der Waals surface area contributed by atoms with Crippen molar-refractivity contribution in [2.24, 2.45) is 11.8 Å². The average molecular weight is 552 g/mol. The highest BCUT2D eigenvalue weighted by Crippen LogP contribution is 2.39. The first kappa shape index (κ1) is 27.2. The second-order valence-electron chi connectivity index (χ2n) is 11.2. The van der Waals surface area contributed by atoms with E-state index in [2.05, 4.69) is 66.1 Å². The second kappa shape index (κ2) is 11.8. The van der Waals surface area contributed by atoms with Gasteiger partial charge in [-0.2, -0.15) is 0 Å². The normalized spacial score (nSPS) is 20.3. The number of hydrogen-bond donors (Lipinski definition) is 0. The fraction of sp³-hybridized carbons (Fsp3) is 0.484. The molecule has 0 N–H and O–H groups in total. The minimum Gasteiger partial charge on any atom is -0.343 e. The van der Waals surface area contributed by atoms with E-state index in [0.29, 0.717) is 18.3 Å². The van der Waals surface area contributed by atoms with Gasteiger partial charge in [-0.3, -0.25) is 14.5 Å². The van der Waals surface area contributed by atoms with Gasteiger partial charge in [0.05, 0.1) is 6.04 Å². The molecule has 5 rings (SSSR count). The summed E-state index contributed by atoms with van der Waals surface area (Å²) >= 11 is 8.12. The van der Waals surface area contributed by atoms with Gasteiger partial charge in [0.1, 0.15) is 0 Å². The average Bonchev–Trinajstić information content (AvgIpc) is 3.33. The topological polar surface area (TPSA) is 43.9 Å². The summed E-state index contributed by atoms with van der Waals surface area (Å²) in [6.07, 6.45) is 2.43. The number of carbonyl (C=O) groups excluding carboxylic acids is 2. The van der Waals surface area contributed by atoms with Crippen molar-refractivity contribution < 1.29 is 9.59 Å². The molecule has 202 valence electrons. The molecule has 2 unspecified atom stereocenters. The molecule has 2 amide bonds. The number of piperidine rings is 1. The van der Waals surface area contributed by atoms with E-state index in [-0.39, 0.29) is 23.9 Å². The van der Waals surface area contributed by atoms with E-state index in [1.165, 1.54) is 20.5 Å². The maximum absolute atomic E-state index is 13.6. The fourth-order valence-corrected chi connectivity index (χ4v) is 7.45. The molecule has 0 bridgehead atoms. The Bertz CT molecular complexity index is 1230. The fourth-order valence-electron chi connectivity index (χ4n) is 6.10. The molecule has 2 aromatic carbocycles. The predicted molar refractivity (Wildman–Crippen MR) is 157 cm³/mol. The monoisotopic (exact) mass is 551 g/mol. The highest BCUT2D eigenvalue weighted by atomic mass is 35.5. The SMILES string of the molecule is CC(=O)N1CCC(CC(=O)N2CCN(C(c3ccc(Cl)cc3)c3cc4ccccc4s3)CC2C(C)C)CC1. The van der Waals surface area contributed by atoms with Gasteiger partial charge in [0, 0.05) is 66.7 Å². The number of piperazine rings is 1. The van der Waals surface area contributed by atoms with Gasteiger partial charge in [-0.05, 0) is 59.9 Å². The molecule has 2 fully saturated rings. The Hall–Kier alpha value is -2.41. The number of carbonyl (C=O) groups is 2. The number of thiophene rings is 1. The van der Waals surface area contributed by atoms with Crippen molar-refractivity contribution in [3.63, 3.8) is 0 Å². The zero-order valence-electron chi connectivity index (χ0n) is 22.6. The number of halogens is 1. The number of hydrogen-bond acceptors (Lipinski definition) is 4. The Morgan fingerprint density at radius 1 is 1.00 bits per heavy atom. The molecular weight excluding hydrogens is 514 g/mol. The van der Waals surface area contributed by atoms with Gasteiger partial charge in [-0.1, -0.05) is 55.8 Å². The number of likely N-dealkylation sites (tertiary alicyclic amines) is 1. The molecule has 7 heteroatoms. The van der Waals surface area contributed by atoms with Crippen molar-refractivity contribution in [3.05, 3.63) is 70.1 Å². The van der Waals surface area contributed by atoms with Crippen LogP contribution in [0.25, 0.3) is 10.1 Å². The van der Waals surface area contributed by atoms with Crippen LogP contribution in [0.5, 0.6) is 0 Å². The molecule has 2 saturated heterocycles. The van der Waals surface area contributed by atoms with Crippen molar-refractivity contribution in [2.75, 3.05) is 32.7 Å². The van der Waals surface area contributed by atoms with Crippen LogP contribution in [0, 0.1) is 11.8 Å². The first-order valence-electron chi connectivity index (χ1n) is 13.8. The maximum atomic E-state index is 13.6. The van der Waals surface area contributed by atoms with Gasteiger partial charge in [-0.15, -0.1) is 11.3 Å². The highest BCUT2D eigenvalue weighted by molar-refractivity contribution is 7.19. The summed E-state index contributed by atoms with van der Waals surface area (Å²) in [5, 5.41) is 2.02. The Morgan fingerprint density at radius 3 is 2.37 bits per heavy atom. The summed E-state index contributed by atoms with van der Waals surface area (Å²) in [5.74, 6) is 1.13. The lowest BCUT2D eigenvalue weighted by atomic mass is 9.91. The summed E-state index contributed by atoms with van der Waals surface area (Å²) in [4.78, 5) is 33.2. The molecule has 0 spiro atoms. The first-order valence-corrected chi connectivity index (χ1v) is 15.0. The Kier molecular flexibility index (Phi) is 8.41. The molecule has 0 aliphatic carbocycles. The van der Waals surface area contributed by atoms with Crippen molar-refractivity contribution in [1.29, 1.82) is 0 Å². The van der Waals surface area contributed by atoms with Crippen LogP contribution in [-0.4, -0.2) is 65.3 Å². The molecule has 3 aromatic rings. The summed E-state index contributed by atoms with van der Waals surface area (Å²) < 4.78 is 1.30. The lowest BCUT2D eigenvalue weighted by Crippen LogP contribution is -2.58. The molecule has 1 aromatic heterocycles. The van der Waals surface area contributed by atoms with Crippen LogP contribution >= 0.6 is 22.9 Å². The second-order valence-corrected chi connectivity index (χ2v) is 12.7. The van der Waals surface area contributed by atoms with Crippen molar-refractivity contribution in [3.8, 4) is 0 Å². The van der Waals surface area contributed by atoms with Crippen LogP contribution in [0.2, 0.25) is 5.02 Å². The lowest BCUT2D eigenvalue weighted by Gasteiger charge is -2.46. The van der Waals surface area contributed by atoms with Crippen LogP contribution in [0.1, 0.15) is 56.5 Å². The zero-order valence-corrected chi connectivity index (χ0v) is 24.2. The quantitative estimate of drug-likeness (QED) is 0.353. The van der Waals surface area contributed by atoms with Crippen LogP contribution in [-0.2, 0) is 9.59 Å². The smallest absolute Gasteiger partial charge is 0.223 e. The highest BCUT2D eigenvalue weighted by Gasteiger charge is 2.37. The third kappa shape index (κ3) is 5.93. The van der Waals surface area contributed by atoms with Gasteiger partial charge in [-0.25, -0.2) is 0 Å². The summed E-state index contributed by atoms with van der Waals surface area (Å²) in [6, 6.07) is 19.4. The molecule has 0 radical (unpaired) electrons. The van der Waals surface area contributed by atoms with E-state index in [1.54, 1.807) is 6.92 Å². The lowest BCUT2D eigenvalue weighted by molar-refractivity contribution is -0.139. The van der Waals surface area contributed by atoms with Crippen LogP contribution < -0.4 is 0 Å². The Morgan fingerprint density at radius 2 is 1.71 bits per heavy atom. The van der Waals surface area contributed by atoms with Crippen LogP contribution in [0.3, 0.4) is 0 Å². The minimum atomic E-state index is 0.124. The standard InChI is InChI=1S/C31H38ClN3O2S/c1-21(2)27-20-34(16-17-35(27)30(37)18-23-12-14-33(15-13-23)22(3)36)31(24-8-10-26(32)11-9-24)29-19-25-6-4-5-7-28(25)38-29/h4-11,19,21,23,27,31H,12-18,20H2,1-3H3. The largest absolute Gasteiger partial charge is 0.343 e. The van der Waals surface area contributed by atoms with Crippen LogP contribution in [0.15, 0.2) is 54.6 Å². The van der Waals surface area contributed by atoms with E-state index in [0.717, 1.165) is 50.6 Å². The number of benzene rings is 2. The van der Waals surface area contributed by atoms with Gasteiger partial charge >= 0.3 is 0 Å². The third-order valence-electron chi connectivity index (χ3n) is 8.33. The summed E-state index contributed by atoms with van der Waals surface area (Å²) in [6.45, 7) is 10.1. The van der Waals surface area contributed by atoms with Gasteiger partial charge in [0.25, 0.3) is 0 Å². The molecule has 2 aliphatic rings. The number of rotatable bonds is 6. The molecule has 38 heavy (non-hydrogen) atoms. The van der Waals surface area contributed by atoms with Crippen molar-refractivity contribution in [1.82, 2.24) is 14.7 Å². The van der Waals surface area contributed by atoms with E-state index >= 15 is 0 Å². The molecule has 0 saturated carbocycles. The van der Waals surface area contributed by atoms with Gasteiger partial charge < -0.3 is 9.80 Å². The van der Waals surface area contributed by atoms with E-state index in [1.807, 2.05) is 28.4 Å². The number of amides is 2. The van der Waals surface area contributed by atoms with Crippen molar-refractivity contribution >= 4 is 44.8 Å². The van der Waals surface area contributed by atoms with Gasteiger partial charge in [0.2, 0.25) is 11.8 Å². The molecular formula is C31H38ClN3O2S. The number of fused-ring (bicyclic) bond motifs is 1. The third-order valence-corrected chi connectivity index (χ3v) is 9.75. The molecule has 2 atom stereocenters. The summed E-state index contributed by atoms with van der Waals surface area (Å²) in [7, 11) is 0. The van der Waals surface area contributed by atoms with Gasteiger partial charge in [0.15, 0.2) is 0 Å². The van der Waals surface area contributed by atoms with E-state index in [4.69, 9.17) is 11.6 Å². The molecule has 2 aliphatic heterocycles. The number of nitrogens with zero attached hydrogens (tertiary/aromatic N) is 3.